The molecule has 6 nitrogen and oxygen atoms in total. The van der Waals surface area contributed by atoms with Gasteiger partial charge in [0.1, 0.15) is 22.6 Å². The molecule has 1 saturated heterocycles. The Labute approximate surface area is 196 Å². The van der Waals surface area contributed by atoms with E-state index in [1.165, 1.54) is 11.8 Å². The Morgan fingerprint density at radius 3 is 2.66 bits per heavy atom. The molecule has 1 aliphatic heterocycles. The van der Waals surface area contributed by atoms with E-state index < -0.39 is 20.7 Å². The predicted molar refractivity (Wildman–Crippen MR) is 125 cm³/mol. The van der Waals surface area contributed by atoms with Crippen molar-refractivity contribution in [1.29, 1.82) is 0 Å². The lowest BCUT2D eigenvalue weighted by molar-refractivity contribution is 0.101. The zero-order valence-corrected chi connectivity index (χ0v) is 19.6. The van der Waals surface area contributed by atoms with Crippen LogP contribution in [0.15, 0.2) is 58.9 Å². The lowest BCUT2D eigenvalue weighted by Gasteiger charge is -2.32. The van der Waals surface area contributed by atoms with Crippen molar-refractivity contribution >= 4 is 38.1 Å². The van der Waals surface area contributed by atoms with E-state index in [1.807, 2.05) is 18.2 Å². The summed E-state index contributed by atoms with van der Waals surface area (Å²) in [6, 6.07) is 12.5. The molecule has 2 aromatic carbocycles. The summed E-state index contributed by atoms with van der Waals surface area (Å²) in [4.78, 5) is 5.70. The number of piperidine rings is 1. The molecular formula is C22H23ClFN3O3S2. The van der Waals surface area contributed by atoms with Gasteiger partial charge in [0.25, 0.3) is 10.0 Å². The second-order valence-electron chi connectivity index (χ2n) is 7.55. The number of nitrogens with one attached hydrogen (secondary N) is 1. The number of hydrogen-bond acceptors (Lipinski definition) is 6. The first-order valence-electron chi connectivity index (χ1n) is 10.2. The number of nitrogens with zero attached hydrogens (tertiary/aromatic N) is 2. The standard InChI is InChI=1S/C22H23ClFN3O3S2/c23-18-14-21(32(28,29)26-22-25-9-13-31-22)19(24)15-20(18)30-17-7-11-27(12-8-17)10-6-16-4-2-1-3-5-16/h1-5,9,13-15,17H,6-8,10-12H2,(H,25,26). The number of anilines is 1. The monoisotopic (exact) mass is 495 g/mol. The molecule has 1 fully saturated rings. The Bertz CT molecular complexity index is 1140. The van der Waals surface area contributed by atoms with Crippen LogP contribution in [-0.2, 0) is 16.4 Å². The van der Waals surface area contributed by atoms with Crippen LogP contribution in [0.3, 0.4) is 0 Å². The molecule has 2 heterocycles. The number of hydrogen-bond donors (Lipinski definition) is 1. The van der Waals surface area contributed by atoms with Crippen LogP contribution >= 0.6 is 22.9 Å². The van der Waals surface area contributed by atoms with Crippen LogP contribution in [0.4, 0.5) is 9.52 Å². The Kier molecular flexibility index (Phi) is 7.30. The Hall–Kier alpha value is -2.20. The normalized spacial score (nSPS) is 15.6. The minimum atomic E-state index is -4.15. The van der Waals surface area contributed by atoms with E-state index in [2.05, 4.69) is 26.7 Å². The topological polar surface area (TPSA) is 71.5 Å². The molecule has 1 aromatic heterocycles. The molecule has 0 aliphatic carbocycles. The van der Waals surface area contributed by atoms with Crippen molar-refractivity contribution in [2.24, 2.45) is 0 Å². The molecular weight excluding hydrogens is 473 g/mol. The fourth-order valence-corrected chi connectivity index (χ4v) is 5.76. The Balaban J connectivity index is 1.34. The van der Waals surface area contributed by atoms with Crippen LogP contribution in [0.2, 0.25) is 5.02 Å². The third kappa shape index (κ3) is 5.78. The summed E-state index contributed by atoms with van der Waals surface area (Å²) in [7, 11) is -4.15. The number of sulfonamides is 1. The number of thiazole rings is 1. The molecule has 3 aromatic rings. The van der Waals surface area contributed by atoms with E-state index in [0.717, 1.165) is 62.4 Å². The maximum Gasteiger partial charge on any atom is 0.266 e. The van der Waals surface area contributed by atoms with Gasteiger partial charge in [0.15, 0.2) is 5.13 Å². The molecule has 1 aliphatic rings. The lowest BCUT2D eigenvalue weighted by atomic mass is 10.1. The van der Waals surface area contributed by atoms with E-state index in [0.29, 0.717) is 0 Å². The first kappa shape index (κ1) is 23.0. The van der Waals surface area contributed by atoms with Crippen molar-refractivity contribution < 1.29 is 17.5 Å². The molecule has 0 bridgehead atoms. The van der Waals surface area contributed by atoms with Crippen LogP contribution in [0.1, 0.15) is 18.4 Å². The number of benzene rings is 2. The quantitative estimate of drug-likeness (QED) is 0.485. The molecule has 10 heteroatoms. The summed E-state index contributed by atoms with van der Waals surface area (Å²) >= 11 is 7.35. The summed E-state index contributed by atoms with van der Waals surface area (Å²) in [5, 5.41) is 1.82. The maximum atomic E-state index is 14.6. The average molecular weight is 496 g/mol. The van der Waals surface area contributed by atoms with Crippen molar-refractivity contribution in [3.8, 4) is 5.75 Å². The highest BCUT2D eigenvalue weighted by Gasteiger charge is 2.25. The van der Waals surface area contributed by atoms with Gasteiger partial charge >= 0.3 is 0 Å². The van der Waals surface area contributed by atoms with Gasteiger partial charge in [-0.05, 0) is 30.9 Å². The summed E-state index contributed by atoms with van der Waals surface area (Å²) in [6.07, 6.45) is 3.93. The second-order valence-corrected chi connectivity index (χ2v) is 10.5. The van der Waals surface area contributed by atoms with E-state index >= 15 is 0 Å². The third-order valence-corrected chi connectivity index (χ3v) is 7.78. The summed E-state index contributed by atoms with van der Waals surface area (Å²) in [5.41, 5.74) is 1.31. The van der Waals surface area contributed by atoms with E-state index in [4.69, 9.17) is 16.3 Å². The van der Waals surface area contributed by atoms with Gasteiger partial charge in [0.2, 0.25) is 0 Å². The smallest absolute Gasteiger partial charge is 0.266 e. The summed E-state index contributed by atoms with van der Waals surface area (Å²) in [6.45, 7) is 2.73. The van der Waals surface area contributed by atoms with Crippen LogP contribution < -0.4 is 9.46 Å². The molecule has 1 N–H and O–H groups in total. The number of aromatic nitrogens is 1. The van der Waals surface area contributed by atoms with Crippen molar-refractivity contribution in [2.45, 2.75) is 30.3 Å². The molecule has 0 spiro atoms. The molecule has 0 atom stereocenters. The van der Waals surface area contributed by atoms with Gasteiger partial charge in [-0.2, -0.15) is 0 Å². The van der Waals surface area contributed by atoms with Gasteiger partial charge in [0.05, 0.1) is 5.02 Å². The molecule has 0 radical (unpaired) electrons. The minimum Gasteiger partial charge on any atom is -0.489 e. The number of halogens is 2. The van der Waals surface area contributed by atoms with Crippen molar-refractivity contribution in [2.75, 3.05) is 24.4 Å². The van der Waals surface area contributed by atoms with Gasteiger partial charge < -0.3 is 9.64 Å². The van der Waals surface area contributed by atoms with Gasteiger partial charge in [0, 0.05) is 37.3 Å². The highest BCUT2D eigenvalue weighted by atomic mass is 35.5. The zero-order valence-electron chi connectivity index (χ0n) is 17.2. The van der Waals surface area contributed by atoms with Crippen molar-refractivity contribution in [1.82, 2.24) is 9.88 Å². The molecule has 170 valence electrons. The highest BCUT2D eigenvalue weighted by Crippen LogP contribution is 2.33. The van der Waals surface area contributed by atoms with Gasteiger partial charge in [-0.1, -0.05) is 41.9 Å². The maximum absolute atomic E-state index is 14.6. The number of ether oxygens (including phenoxy) is 1. The SMILES string of the molecule is O=S(=O)(Nc1nccs1)c1cc(Cl)c(OC2CCN(CCc3ccccc3)CC2)cc1F. The van der Waals surface area contributed by atoms with Gasteiger partial charge in [-0.3, -0.25) is 4.72 Å². The molecule has 4 rings (SSSR count). The van der Waals surface area contributed by atoms with Crippen molar-refractivity contribution in [3.63, 3.8) is 0 Å². The molecule has 0 amide bonds. The number of rotatable bonds is 8. The third-order valence-electron chi connectivity index (χ3n) is 5.32. The second kappa shape index (κ2) is 10.2. The average Bonchev–Trinajstić information content (AvgIpc) is 3.28. The van der Waals surface area contributed by atoms with Crippen LogP contribution in [-0.4, -0.2) is 44.0 Å². The molecule has 0 unspecified atom stereocenters. The first-order chi connectivity index (χ1) is 15.4. The Morgan fingerprint density at radius 2 is 1.97 bits per heavy atom. The largest absolute Gasteiger partial charge is 0.489 e. The Morgan fingerprint density at radius 1 is 1.22 bits per heavy atom. The van der Waals surface area contributed by atoms with Gasteiger partial charge in [-0.25, -0.2) is 17.8 Å². The lowest BCUT2D eigenvalue weighted by Crippen LogP contribution is -2.39. The molecule has 0 saturated carbocycles. The van der Waals surface area contributed by atoms with E-state index in [1.54, 1.807) is 5.38 Å². The number of likely N-dealkylation sites (tertiary alicyclic amines) is 1. The van der Waals surface area contributed by atoms with E-state index in [-0.39, 0.29) is 22.0 Å². The zero-order chi connectivity index (χ0) is 22.6. The first-order valence-corrected chi connectivity index (χ1v) is 13.0. The molecule has 32 heavy (non-hydrogen) atoms. The highest BCUT2D eigenvalue weighted by molar-refractivity contribution is 7.93. The van der Waals surface area contributed by atoms with Crippen LogP contribution in [0, 0.1) is 5.82 Å². The predicted octanol–water partition coefficient (Wildman–Crippen LogP) is 4.82. The van der Waals surface area contributed by atoms with Gasteiger partial charge in [-0.15, -0.1) is 11.3 Å². The van der Waals surface area contributed by atoms with E-state index in [9.17, 15) is 12.8 Å². The summed E-state index contributed by atoms with van der Waals surface area (Å²) in [5.74, 6) is -0.770. The van der Waals surface area contributed by atoms with Crippen molar-refractivity contribution in [3.05, 3.63) is 70.4 Å². The van der Waals surface area contributed by atoms with Crippen LogP contribution in [0.5, 0.6) is 5.75 Å². The van der Waals surface area contributed by atoms with Crippen LogP contribution in [0.25, 0.3) is 0 Å². The fourth-order valence-electron chi connectivity index (χ4n) is 3.61. The fraction of sp³-hybridized carbons (Fsp3) is 0.318. The summed E-state index contributed by atoms with van der Waals surface area (Å²) < 4.78 is 47.8. The minimum absolute atomic E-state index is 0.0532.